The van der Waals surface area contributed by atoms with Gasteiger partial charge in [0.05, 0.1) is 6.04 Å². The summed E-state index contributed by atoms with van der Waals surface area (Å²) < 4.78 is 11.1. The molecule has 0 amide bonds. The van der Waals surface area contributed by atoms with Crippen LogP contribution in [0, 0.1) is 0 Å². The van der Waals surface area contributed by atoms with Crippen LogP contribution in [0.3, 0.4) is 0 Å². The maximum absolute atomic E-state index is 6.02. The molecule has 1 heterocycles. The Hall–Kier alpha value is -1.03. The molecule has 0 saturated carbocycles. The predicted octanol–water partition coefficient (Wildman–Crippen LogP) is 4.55. The predicted molar refractivity (Wildman–Crippen MR) is 83.4 cm³/mol. The lowest BCUT2D eigenvalue weighted by Crippen LogP contribution is -2.22. The summed E-state index contributed by atoms with van der Waals surface area (Å²) >= 11 is 6.02. The molecule has 0 aliphatic rings. The third kappa shape index (κ3) is 3.98. The standard InChI is InChI=1S/C16H22ClNO2/c1-3-8-18-14(5-4-9-19-2)16-11-12-10-13(17)6-7-15(12)20-16/h6-7,10-11,14,18H,3-5,8-9H2,1-2H3. The zero-order valence-electron chi connectivity index (χ0n) is 12.1. The number of hydrogen-bond acceptors (Lipinski definition) is 3. The van der Waals surface area contributed by atoms with Crippen LogP contribution < -0.4 is 5.32 Å². The summed E-state index contributed by atoms with van der Waals surface area (Å²) in [7, 11) is 1.73. The lowest BCUT2D eigenvalue weighted by Gasteiger charge is -2.15. The number of rotatable bonds is 8. The van der Waals surface area contributed by atoms with Gasteiger partial charge in [-0.2, -0.15) is 0 Å². The number of methoxy groups -OCH3 is 1. The molecule has 2 rings (SSSR count). The molecule has 0 aliphatic carbocycles. The number of furan rings is 1. The van der Waals surface area contributed by atoms with Gasteiger partial charge in [-0.25, -0.2) is 0 Å². The van der Waals surface area contributed by atoms with Gasteiger partial charge in [-0.3, -0.25) is 0 Å². The maximum Gasteiger partial charge on any atom is 0.134 e. The van der Waals surface area contributed by atoms with Crippen LogP contribution in [0.1, 0.15) is 38.0 Å². The van der Waals surface area contributed by atoms with Crippen LogP contribution in [0.25, 0.3) is 11.0 Å². The molecule has 1 unspecified atom stereocenters. The molecule has 0 radical (unpaired) electrons. The topological polar surface area (TPSA) is 34.4 Å². The van der Waals surface area contributed by atoms with Crippen molar-refractivity contribution in [2.75, 3.05) is 20.3 Å². The Bertz CT molecular complexity index is 538. The van der Waals surface area contributed by atoms with Gasteiger partial charge in [0.15, 0.2) is 0 Å². The molecule has 4 heteroatoms. The van der Waals surface area contributed by atoms with Crippen molar-refractivity contribution in [3.8, 4) is 0 Å². The molecule has 3 nitrogen and oxygen atoms in total. The highest BCUT2D eigenvalue weighted by molar-refractivity contribution is 6.31. The van der Waals surface area contributed by atoms with E-state index in [-0.39, 0.29) is 6.04 Å². The smallest absolute Gasteiger partial charge is 0.134 e. The molecule has 0 spiro atoms. The largest absolute Gasteiger partial charge is 0.459 e. The van der Waals surface area contributed by atoms with E-state index in [2.05, 4.69) is 18.3 Å². The minimum atomic E-state index is 0.233. The summed E-state index contributed by atoms with van der Waals surface area (Å²) in [5.74, 6) is 0.979. The summed E-state index contributed by atoms with van der Waals surface area (Å²) in [6.45, 7) is 3.92. The average molecular weight is 296 g/mol. The number of hydrogen-bond donors (Lipinski definition) is 1. The Kier molecular flexibility index (Phi) is 5.89. The molecule has 0 saturated heterocycles. The van der Waals surface area contributed by atoms with E-state index in [1.165, 1.54) is 0 Å². The first-order valence-electron chi connectivity index (χ1n) is 7.16. The second-order valence-electron chi connectivity index (χ2n) is 4.97. The summed E-state index contributed by atoms with van der Waals surface area (Å²) in [4.78, 5) is 0. The van der Waals surface area contributed by atoms with E-state index in [1.807, 2.05) is 18.2 Å². The van der Waals surface area contributed by atoms with E-state index in [1.54, 1.807) is 7.11 Å². The van der Waals surface area contributed by atoms with Crippen molar-refractivity contribution in [3.05, 3.63) is 35.0 Å². The molecule has 1 atom stereocenters. The molecule has 1 aromatic carbocycles. The molecule has 0 aliphatic heterocycles. The van der Waals surface area contributed by atoms with Gasteiger partial charge >= 0.3 is 0 Å². The summed E-state index contributed by atoms with van der Waals surface area (Å²) in [6, 6.07) is 8.04. The molecule has 20 heavy (non-hydrogen) atoms. The van der Waals surface area contributed by atoms with Crippen LogP contribution in [-0.2, 0) is 4.74 Å². The minimum Gasteiger partial charge on any atom is -0.459 e. The summed E-state index contributed by atoms with van der Waals surface area (Å²) in [5, 5.41) is 5.33. The van der Waals surface area contributed by atoms with E-state index in [9.17, 15) is 0 Å². The Morgan fingerprint density at radius 2 is 2.20 bits per heavy atom. The monoisotopic (exact) mass is 295 g/mol. The lowest BCUT2D eigenvalue weighted by atomic mass is 10.1. The number of fused-ring (bicyclic) bond motifs is 1. The molecule has 0 fully saturated rings. The van der Waals surface area contributed by atoms with E-state index in [0.29, 0.717) is 0 Å². The van der Waals surface area contributed by atoms with Crippen molar-refractivity contribution in [2.24, 2.45) is 0 Å². The van der Waals surface area contributed by atoms with Gasteiger partial charge in [-0.15, -0.1) is 0 Å². The molecule has 1 N–H and O–H groups in total. The van der Waals surface area contributed by atoms with Crippen molar-refractivity contribution < 1.29 is 9.15 Å². The average Bonchev–Trinajstić information content (AvgIpc) is 2.85. The lowest BCUT2D eigenvalue weighted by molar-refractivity contribution is 0.187. The Balaban J connectivity index is 2.15. The summed E-state index contributed by atoms with van der Waals surface area (Å²) in [5.41, 5.74) is 0.888. The fourth-order valence-electron chi connectivity index (χ4n) is 2.30. The second-order valence-corrected chi connectivity index (χ2v) is 5.41. The highest BCUT2D eigenvalue weighted by atomic mass is 35.5. The van der Waals surface area contributed by atoms with Crippen LogP contribution in [0.4, 0.5) is 0 Å². The van der Waals surface area contributed by atoms with Gasteiger partial charge in [0.25, 0.3) is 0 Å². The fraction of sp³-hybridized carbons (Fsp3) is 0.500. The molecular weight excluding hydrogens is 274 g/mol. The van der Waals surface area contributed by atoms with Crippen LogP contribution in [0.15, 0.2) is 28.7 Å². The van der Waals surface area contributed by atoms with Crippen LogP contribution in [0.2, 0.25) is 5.02 Å². The second kappa shape index (κ2) is 7.67. The Morgan fingerprint density at radius 1 is 1.35 bits per heavy atom. The Morgan fingerprint density at radius 3 is 2.95 bits per heavy atom. The minimum absolute atomic E-state index is 0.233. The zero-order chi connectivity index (χ0) is 14.4. The highest BCUT2D eigenvalue weighted by Gasteiger charge is 2.15. The third-order valence-electron chi connectivity index (χ3n) is 3.32. The SMILES string of the molecule is CCCNC(CCCOC)c1cc2cc(Cl)ccc2o1. The number of ether oxygens (including phenoxy) is 1. The van der Waals surface area contributed by atoms with Crippen molar-refractivity contribution in [3.63, 3.8) is 0 Å². The number of nitrogens with one attached hydrogen (secondary N) is 1. The van der Waals surface area contributed by atoms with Crippen molar-refractivity contribution in [1.29, 1.82) is 0 Å². The first kappa shape index (κ1) is 15.4. The van der Waals surface area contributed by atoms with Gasteiger partial charge in [-0.1, -0.05) is 18.5 Å². The quantitative estimate of drug-likeness (QED) is 0.725. The zero-order valence-corrected chi connectivity index (χ0v) is 12.9. The summed E-state index contributed by atoms with van der Waals surface area (Å²) in [6.07, 6.45) is 3.11. The molecular formula is C16H22ClNO2. The van der Waals surface area contributed by atoms with Crippen LogP contribution >= 0.6 is 11.6 Å². The first-order valence-corrected chi connectivity index (χ1v) is 7.53. The van der Waals surface area contributed by atoms with Crippen molar-refractivity contribution in [1.82, 2.24) is 5.32 Å². The highest BCUT2D eigenvalue weighted by Crippen LogP contribution is 2.28. The normalized spacial score (nSPS) is 12.9. The van der Waals surface area contributed by atoms with Gasteiger partial charge in [-0.05, 0) is 50.1 Å². The van der Waals surface area contributed by atoms with E-state index in [0.717, 1.165) is 54.2 Å². The van der Waals surface area contributed by atoms with E-state index in [4.69, 9.17) is 20.8 Å². The van der Waals surface area contributed by atoms with Crippen molar-refractivity contribution >= 4 is 22.6 Å². The van der Waals surface area contributed by atoms with E-state index < -0.39 is 0 Å². The molecule has 110 valence electrons. The number of halogens is 1. The van der Waals surface area contributed by atoms with Gasteiger partial charge in [0.2, 0.25) is 0 Å². The molecule has 2 aromatic rings. The van der Waals surface area contributed by atoms with Crippen LogP contribution in [0.5, 0.6) is 0 Å². The van der Waals surface area contributed by atoms with E-state index >= 15 is 0 Å². The van der Waals surface area contributed by atoms with Gasteiger partial charge in [0.1, 0.15) is 11.3 Å². The third-order valence-corrected chi connectivity index (χ3v) is 3.56. The Labute approximate surface area is 125 Å². The molecule has 1 aromatic heterocycles. The first-order chi connectivity index (χ1) is 9.74. The number of benzene rings is 1. The maximum atomic E-state index is 6.02. The molecule has 0 bridgehead atoms. The van der Waals surface area contributed by atoms with Gasteiger partial charge in [0, 0.05) is 24.1 Å². The van der Waals surface area contributed by atoms with Gasteiger partial charge < -0.3 is 14.5 Å². The fourth-order valence-corrected chi connectivity index (χ4v) is 2.48. The van der Waals surface area contributed by atoms with Crippen LogP contribution in [-0.4, -0.2) is 20.3 Å². The van der Waals surface area contributed by atoms with Crippen molar-refractivity contribution in [2.45, 2.75) is 32.2 Å².